The first-order valence-electron chi connectivity index (χ1n) is 4.95. The number of hydrogen-bond donors (Lipinski definition) is 2. The molecule has 0 aliphatic heterocycles. The van der Waals surface area contributed by atoms with Gasteiger partial charge < -0.3 is 17.0 Å². The summed E-state index contributed by atoms with van der Waals surface area (Å²) in [7, 11) is 0. The van der Waals surface area contributed by atoms with Gasteiger partial charge in [0.25, 0.3) is 5.71 Å². The van der Waals surface area contributed by atoms with E-state index in [2.05, 4.69) is 4.79 Å². The Morgan fingerprint density at radius 1 is 0.923 bits per heavy atom. The highest BCUT2D eigenvalue weighted by atomic mass is 14.9. The number of nitrogens with zero attached hydrogens (tertiary/aromatic N) is 2. The minimum absolute atomic E-state index is 0.558. The van der Waals surface area contributed by atoms with E-state index in [1.54, 1.807) is 0 Å². The van der Waals surface area contributed by atoms with Crippen molar-refractivity contribution < 1.29 is 4.79 Å². The molecule has 0 heterocycles. The maximum Gasteiger partial charge on any atom is 0.270 e. The summed E-state index contributed by atoms with van der Waals surface area (Å²) in [5, 5.41) is 0. The summed E-state index contributed by atoms with van der Waals surface area (Å²) in [5.41, 5.74) is 20.1. The molecule has 4 nitrogen and oxygen atoms in total. The van der Waals surface area contributed by atoms with Crippen LogP contribution in [-0.2, 0) is 0 Å². The molecule has 0 unspecified atom stereocenters. The number of unbranched alkanes of at least 4 members (excludes halogenated alkanes) is 3. The first-order valence-corrected chi connectivity index (χ1v) is 4.95. The van der Waals surface area contributed by atoms with Crippen molar-refractivity contribution in [1.82, 2.24) is 0 Å². The Morgan fingerprint density at radius 3 is 2.15 bits per heavy atom. The Bertz CT molecular complexity index is 161. The molecule has 0 bridgehead atoms. The Kier molecular flexibility index (Phi) is 8.88. The summed E-state index contributed by atoms with van der Waals surface area (Å²) in [5.74, 6) is 0. The van der Waals surface area contributed by atoms with Gasteiger partial charge in [0.2, 0.25) is 0 Å². The van der Waals surface area contributed by atoms with Gasteiger partial charge in [0.15, 0.2) is 0 Å². The topological polar surface area (TPSA) is 88.4 Å². The van der Waals surface area contributed by atoms with Crippen molar-refractivity contribution in [2.24, 2.45) is 11.5 Å². The SMILES string of the molecule is [N-]=[N+]=C(CCN)CCCCCCN. The molecule has 0 saturated carbocycles. The molecule has 0 aromatic carbocycles. The van der Waals surface area contributed by atoms with Crippen LogP contribution in [0.4, 0.5) is 0 Å². The molecule has 0 rings (SSSR count). The molecule has 0 aliphatic rings. The fraction of sp³-hybridized carbons (Fsp3) is 0.889. The van der Waals surface area contributed by atoms with Crippen molar-refractivity contribution in [1.29, 1.82) is 0 Å². The summed E-state index contributed by atoms with van der Waals surface area (Å²) in [6, 6.07) is 0. The van der Waals surface area contributed by atoms with Gasteiger partial charge in [0.1, 0.15) is 0 Å². The maximum absolute atomic E-state index is 8.57. The standard InChI is InChI=1S/C9H20N4/c10-7-4-2-1-3-5-9(13-12)6-8-11/h1-8,10-11H2. The molecule has 0 aromatic heterocycles. The molecule has 76 valence electrons. The fourth-order valence-corrected chi connectivity index (χ4v) is 1.22. The summed E-state index contributed by atoms with van der Waals surface area (Å²) in [6.07, 6.45) is 6.03. The van der Waals surface area contributed by atoms with Gasteiger partial charge >= 0.3 is 0 Å². The largest absolute Gasteiger partial charge is 0.362 e. The third kappa shape index (κ3) is 7.65. The Hall–Kier alpha value is -0.700. The predicted octanol–water partition coefficient (Wildman–Crippen LogP) is 0.915. The van der Waals surface area contributed by atoms with Crippen LogP contribution >= 0.6 is 0 Å². The Labute approximate surface area is 79.9 Å². The van der Waals surface area contributed by atoms with Crippen molar-refractivity contribution in [3.63, 3.8) is 0 Å². The molecule has 0 aliphatic carbocycles. The number of rotatable bonds is 8. The van der Waals surface area contributed by atoms with Crippen LogP contribution in [0, 0.1) is 0 Å². The third-order valence-corrected chi connectivity index (χ3v) is 1.99. The smallest absolute Gasteiger partial charge is 0.270 e. The van der Waals surface area contributed by atoms with Gasteiger partial charge in [-0.15, -0.1) is 0 Å². The van der Waals surface area contributed by atoms with Crippen LogP contribution in [0.5, 0.6) is 0 Å². The maximum atomic E-state index is 8.57. The van der Waals surface area contributed by atoms with Crippen LogP contribution < -0.4 is 11.5 Å². The van der Waals surface area contributed by atoms with Gasteiger partial charge in [-0.05, 0) is 19.4 Å². The van der Waals surface area contributed by atoms with E-state index < -0.39 is 0 Å². The summed E-state index contributed by atoms with van der Waals surface area (Å²) in [6.45, 7) is 1.33. The van der Waals surface area contributed by atoms with Crippen molar-refractivity contribution in [3.8, 4) is 0 Å². The van der Waals surface area contributed by atoms with Gasteiger partial charge in [-0.25, -0.2) is 0 Å². The average Bonchev–Trinajstić information content (AvgIpc) is 2.16. The summed E-state index contributed by atoms with van der Waals surface area (Å²) >= 11 is 0. The second-order valence-corrected chi connectivity index (χ2v) is 3.16. The first-order chi connectivity index (χ1) is 6.35. The highest BCUT2D eigenvalue weighted by molar-refractivity contribution is 5.79. The van der Waals surface area contributed by atoms with E-state index in [9.17, 15) is 0 Å². The lowest BCUT2D eigenvalue weighted by Gasteiger charge is -1.96. The summed E-state index contributed by atoms with van der Waals surface area (Å²) in [4.78, 5) is 3.21. The zero-order valence-corrected chi connectivity index (χ0v) is 8.21. The van der Waals surface area contributed by atoms with Crippen molar-refractivity contribution in [2.45, 2.75) is 38.5 Å². The van der Waals surface area contributed by atoms with Crippen LogP contribution in [0.3, 0.4) is 0 Å². The van der Waals surface area contributed by atoms with Gasteiger partial charge in [0.05, 0.1) is 6.42 Å². The molecule has 4 heteroatoms. The molecular weight excluding hydrogens is 164 g/mol. The van der Waals surface area contributed by atoms with Gasteiger partial charge in [-0.2, -0.15) is 4.79 Å². The molecule has 0 fully saturated rings. The average molecular weight is 184 g/mol. The minimum atomic E-state index is 0.558. The normalized spacial score (nSPS) is 9.69. The Morgan fingerprint density at radius 2 is 1.62 bits per heavy atom. The highest BCUT2D eigenvalue weighted by Gasteiger charge is 2.05. The zero-order chi connectivity index (χ0) is 9.94. The van der Waals surface area contributed by atoms with Crippen LogP contribution in [0.1, 0.15) is 38.5 Å². The van der Waals surface area contributed by atoms with Gasteiger partial charge in [0, 0.05) is 13.0 Å². The fourth-order valence-electron chi connectivity index (χ4n) is 1.22. The lowest BCUT2D eigenvalue weighted by Crippen LogP contribution is -2.08. The van der Waals surface area contributed by atoms with Crippen molar-refractivity contribution >= 4 is 5.71 Å². The molecule has 0 radical (unpaired) electrons. The molecule has 0 amide bonds. The second kappa shape index (κ2) is 9.39. The van der Waals surface area contributed by atoms with Crippen LogP contribution in [0.15, 0.2) is 0 Å². The van der Waals surface area contributed by atoms with Crippen LogP contribution in [-0.4, -0.2) is 23.6 Å². The second-order valence-electron chi connectivity index (χ2n) is 3.16. The van der Waals surface area contributed by atoms with E-state index in [4.69, 9.17) is 17.0 Å². The zero-order valence-electron chi connectivity index (χ0n) is 8.21. The van der Waals surface area contributed by atoms with Crippen LogP contribution in [0.2, 0.25) is 0 Å². The molecular formula is C9H20N4. The van der Waals surface area contributed by atoms with Crippen LogP contribution in [0.25, 0.3) is 5.53 Å². The lowest BCUT2D eigenvalue weighted by atomic mass is 10.1. The minimum Gasteiger partial charge on any atom is -0.362 e. The van der Waals surface area contributed by atoms with Gasteiger partial charge in [-0.1, -0.05) is 12.8 Å². The molecule has 4 N–H and O–H groups in total. The first kappa shape index (κ1) is 12.3. The van der Waals surface area contributed by atoms with Gasteiger partial charge in [-0.3, -0.25) is 0 Å². The molecule has 13 heavy (non-hydrogen) atoms. The summed E-state index contributed by atoms with van der Waals surface area (Å²) < 4.78 is 0. The number of nitrogens with two attached hydrogens (primary N) is 2. The molecule has 0 saturated heterocycles. The van der Waals surface area contributed by atoms with E-state index in [1.165, 1.54) is 0 Å². The van der Waals surface area contributed by atoms with Crippen molar-refractivity contribution in [2.75, 3.05) is 13.1 Å². The molecule has 0 atom stereocenters. The quantitative estimate of drug-likeness (QED) is 0.254. The monoisotopic (exact) mass is 184 g/mol. The van der Waals surface area contributed by atoms with E-state index in [-0.39, 0.29) is 0 Å². The highest BCUT2D eigenvalue weighted by Crippen LogP contribution is 2.03. The predicted molar refractivity (Wildman–Crippen MR) is 54.4 cm³/mol. The molecule has 0 spiro atoms. The van der Waals surface area contributed by atoms with Crippen molar-refractivity contribution in [3.05, 3.63) is 5.53 Å². The van der Waals surface area contributed by atoms with E-state index >= 15 is 0 Å². The van der Waals surface area contributed by atoms with E-state index in [1.807, 2.05) is 0 Å². The molecule has 0 aromatic rings. The van der Waals surface area contributed by atoms with E-state index in [0.717, 1.165) is 44.4 Å². The van der Waals surface area contributed by atoms with E-state index in [0.29, 0.717) is 13.0 Å². The Balaban J connectivity index is 3.34. The third-order valence-electron chi connectivity index (χ3n) is 1.99. The lowest BCUT2D eigenvalue weighted by molar-refractivity contribution is -0.0113. The number of hydrogen-bond acceptors (Lipinski definition) is 2.